The van der Waals surface area contributed by atoms with E-state index in [9.17, 15) is 0 Å². The molecule has 4 heteroatoms. The van der Waals surface area contributed by atoms with Crippen molar-refractivity contribution in [2.24, 2.45) is 0 Å². The Morgan fingerprint density at radius 2 is 0.920 bits per heavy atom. The average molecular weight is 673 g/mol. The normalized spacial score (nSPS) is 12.0. The van der Waals surface area contributed by atoms with Crippen LogP contribution in [0, 0.1) is 0 Å². The van der Waals surface area contributed by atoms with Gasteiger partial charge in [0.05, 0.1) is 16.7 Å². The lowest BCUT2D eigenvalue weighted by Gasteiger charge is -2.27. The Morgan fingerprint density at radius 1 is 0.360 bits per heavy atom. The largest absolute Gasteiger partial charge is 0.310 e. The smallest absolute Gasteiger partial charge is 0.0561 e. The topological polar surface area (TPSA) is 8.17 Å². The summed E-state index contributed by atoms with van der Waals surface area (Å²) in [6.07, 6.45) is 0. The molecule has 0 saturated heterocycles. The average Bonchev–Trinajstić information content (AvgIpc) is 3.84. The number of aromatic nitrogens is 1. The number of para-hydroxylation sites is 2. The molecule has 0 radical (unpaired) electrons. The van der Waals surface area contributed by atoms with Crippen LogP contribution >= 0.6 is 22.7 Å². The molecule has 50 heavy (non-hydrogen) atoms. The molecular formula is C46H28N2S2. The van der Waals surface area contributed by atoms with Crippen molar-refractivity contribution in [1.82, 2.24) is 4.57 Å². The molecule has 11 rings (SSSR count). The maximum Gasteiger partial charge on any atom is 0.0561 e. The number of benzene rings is 8. The van der Waals surface area contributed by atoms with Gasteiger partial charge in [-0.25, -0.2) is 0 Å². The van der Waals surface area contributed by atoms with Crippen molar-refractivity contribution in [1.29, 1.82) is 0 Å². The molecule has 234 valence electrons. The molecule has 8 aromatic carbocycles. The fraction of sp³-hybridized carbons (Fsp3) is 0. The monoisotopic (exact) mass is 672 g/mol. The number of rotatable bonds is 4. The molecule has 0 aliphatic rings. The van der Waals surface area contributed by atoms with E-state index in [1.807, 2.05) is 22.7 Å². The van der Waals surface area contributed by atoms with Gasteiger partial charge in [-0.3, -0.25) is 0 Å². The van der Waals surface area contributed by atoms with Crippen molar-refractivity contribution in [2.75, 3.05) is 4.90 Å². The summed E-state index contributed by atoms with van der Waals surface area (Å²) in [6, 6.07) is 62.5. The number of hydrogen-bond donors (Lipinski definition) is 0. The van der Waals surface area contributed by atoms with Crippen molar-refractivity contribution in [3.05, 3.63) is 170 Å². The van der Waals surface area contributed by atoms with Crippen LogP contribution in [0.1, 0.15) is 0 Å². The third kappa shape index (κ3) is 4.07. The molecular weight excluding hydrogens is 645 g/mol. The van der Waals surface area contributed by atoms with Gasteiger partial charge in [0, 0.05) is 73.6 Å². The predicted octanol–water partition coefficient (Wildman–Crippen LogP) is 14.1. The van der Waals surface area contributed by atoms with Crippen molar-refractivity contribution in [3.63, 3.8) is 0 Å². The van der Waals surface area contributed by atoms with Crippen LogP contribution in [0.2, 0.25) is 0 Å². The number of fused-ring (bicyclic) bond motifs is 11. The van der Waals surface area contributed by atoms with Gasteiger partial charge in [-0.1, -0.05) is 109 Å². The van der Waals surface area contributed by atoms with Crippen LogP contribution in [-0.4, -0.2) is 4.57 Å². The van der Waals surface area contributed by atoms with Crippen LogP contribution in [0.15, 0.2) is 170 Å². The third-order valence-corrected chi connectivity index (χ3v) is 12.4. The summed E-state index contributed by atoms with van der Waals surface area (Å²) in [5.41, 5.74) is 7.02. The Bertz CT molecular complexity index is 3110. The molecule has 0 fully saturated rings. The van der Waals surface area contributed by atoms with Crippen LogP contribution in [0.5, 0.6) is 0 Å². The van der Waals surface area contributed by atoms with E-state index in [4.69, 9.17) is 0 Å². The molecule has 0 aliphatic heterocycles. The summed E-state index contributed by atoms with van der Waals surface area (Å²) in [6.45, 7) is 0. The Morgan fingerprint density at radius 3 is 1.74 bits per heavy atom. The molecule has 3 aromatic heterocycles. The standard InChI is InChI=1S/C46H28N2S2/c1-2-12-29(13-3-1)48-39-19-9-6-14-32(39)34-24-22-30(26-40(34)48)47(31-23-25-36-35-16-7-10-20-42(35)49-44(36)27-31)41-28-45-46(37-17-5-4-15-33(37)41)38-18-8-11-21-43(38)50-45/h1-28H. The van der Waals surface area contributed by atoms with Crippen LogP contribution < -0.4 is 4.90 Å². The molecule has 11 aromatic rings. The second kappa shape index (κ2) is 10.8. The summed E-state index contributed by atoms with van der Waals surface area (Å²) >= 11 is 3.75. The Kier molecular flexibility index (Phi) is 6.03. The third-order valence-electron chi connectivity index (χ3n) is 10.2. The summed E-state index contributed by atoms with van der Waals surface area (Å²) < 4.78 is 7.64. The van der Waals surface area contributed by atoms with Crippen LogP contribution in [0.3, 0.4) is 0 Å². The van der Waals surface area contributed by atoms with E-state index in [0.29, 0.717) is 0 Å². The van der Waals surface area contributed by atoms with Gasteiger partial charge in [-0.2, -0.15) is 0 Å². The van der Waals surface area contributed by atoms with E-state index in [-0.39, 0.29) is 0 Å². The van der Waals surface area contributed by atoms with Crippen molar-refractivity contribution in [3.8, 4) is 5.69 Å². The Balaban J connectivity index is 1.24. The Labute approximate surface area is 296 Å². The van der Waals surface area contributed by atoms with E-state index in [1.54, 1.807) is 0 Å². The summed E-state index contributed by atoms with van der Waals surface area (Å²) in [7, 11) is 0. The fourth-order valence-electron chi connectivity index (χ4n) is 7.99. The minimum absolute atomic E-state index is 1.13. The van der Waals surface area contributed by atoms with Crippen LogP contribution in [0.25, 0.3) is 78.6 Å². The molecule has 0 atom stereocenters. The number of hydrogen-bond acceptors (Lipinski definition) is 3. The molecule has 0 amide bonds. The van der Waals surface area contributed by atoms with Crippen LogP contribution in [-0.2, 0) is 0 Å². The predicted molar refractivity (Wildman–Crippen MR) is 219 cm³/mol. The first-order valence-electron chi connectivity index (χ1n) is 16.9. The summed E-state index contributed by atoms with van der Waals surface area (Å²) in [5.74, 6) is 0. The highest BCUT2D eigenvalue weighted by Gasteiger charge is 2.22. The van der Waals surface area contributed by atoms with Gasteiger partial charge in [-0.05, 0) is 66.0 Å². The second-order valence-electron chi connectivity index (χ2n) is 12.9. The van der Waals surface area contributed by atoms with E-state index < -0.39 is 0 Å². The van der Waals surface area contributed by atoms with E-state index >= 15 is 0 Å². The van der Waals surface area contributed by atoms with E-state index in [2.05, 4.69) is 179 Å². The molecule has 0 aliphatic carbocycles. The molecule has 2 nitrogen and oxygen atoms in total. The maximum atomic E-state index is 2.49. The van der Waals surface area contributed by atoms with Crippen molar-refractivity contribution >= 4 is 113 Å². The summed E-state index contributed by atoms with van der Waals surface area (Å²) in [4.78, 5) is 2.49. The van der Waals surface area contributed by atoms with Crippen molar-refractivity contribution < 1.29 is 0 Å². The highest BCUT2D eigenvalue weighted by Crippen LogP contribution is 2.48. The molecule has 0 saturated carbocycles. The maximum absolute atomic E-state index is 2.49. The molecule has 0 bridgehead atoms. The van der Waals surface area contributed by atoms with Crippen molar-refractivity contribution in [2.45, 2.75) is 0 Å². The molecule has 0 N–H and O–H groups in total. The highest BCUT2D eigenvalue weighted by molar-refractivity contribution is 7.26. The Hall–Kier alpha value is -5.94. The number of anilines is 3. The second-order valence-corrected chi connectivity index (χ2v) is 15.1. The number of thiophene rings is 2. The first kappa shape index (κ1) is 28.0. The molecule has 0 unspecified atom stereocenters. The first-order valence-corrected chi connectivity index (χ1v) is 18.6. The lowest BCUT2D eigenvalue weighted by molar-refractivity contribution is 1.18. The van der Waals surface area contributed by atoms with Gasteiger partial charge in [-0.15, -0.1) is 22.7 Å². The fourth-order valence-corrected chi connectivity index (χ4v) is 10.3. The van der Waals surface area contributed by atoms with Crippen LogP contribution in [0.4, 0.5) is 17.1 Å². The zero-order valence-electron chi connectivity index (χ0n) is 26.9. The molecule has 0 spiro atoms. The van der Waals surface area contributed by atoms with E-state index in [1.165, 1.54) is 78.6 Å². The zero-order chi connectivity index (χ0) is 32.8. The lowest BCUT2D eigenvalue weighted by atomic mass is 10.0. The van der Waals surface area contributed by atoms with Gasteiger partial charge in [0.2, 0.25) is 0 Å². The van der Waals surface area contributed by atoms with Gasteiger partial charge in [0.15, 0.2) is 0 Å². The SMILES string of the molecule is c1ccc(-n2c3ccccc3c3ccc(N(c4ccc5c(c4)sc4ccccc45)c4cc5sc6ccccc6c5c5ccccc45)cc32)cc1. The lowest BCUT2D eigenvalue weighted by Crippen LogP contribution is -2.10. The zero-order valence-corrected chi connectivity index (χ0v) is 28.5. The van der Waals surface area contributed by atoms with Gasteiger partial charge in [0.25, 0.3) is 0 Å². The van der Waals surface area contributed by atoms with Gasteiger partial charge in [0.1, 0.15) is 0 Å². The first-order chi connectivity index (χ1) is 24.8. The number of nitrogens with zero attached hydrogens (tertiary/aromatic N) is 2. The summed E-state index contributed by atoms with van der Waals surface area (Å²) in [5, 5.41) is 10.3. The minimum atomic E-state index is 1.13. The highest BCUT2D eigenvalue weighted by atomic mass is 32.1. The van der Waals surface area contributed by atoms with E-state index in [0.717, 1.165) is 17.1 Å². The molecule has 3 heterocycles. The minimum Gasteiger partial charge on any atom is -0.310 e. The quantitative estimate of drug-likeness (QED) is 0.181. The van der Waals surface area contributed by atoms with Gasteiger partial charge >= 0.3 is 0 Å². The van der Waals surface area contributed by atoms with Gasteiger partial charge < -0.3 is 9.47 Å².